The summed E-state index contributed by atoms with van der Waals surface area (Å²) in [5.41, 5.74) is 1.70. The Morgan fingerprint density at radius 1 is 1.41 bits per heavy atom. The highest BCUT2D eigenvalue weighted by Gasteiger charge is 2.60. The maximum atomic E-state index is 12.7. The van der Waals surface area contributed by atoms with Gasteiger partial charge in [-0.25, -0.2) is 4.98 Å². The van der Waals surface area contributed by atoms with Crippen molar-refractivity contribution < 1.29 is 9.53 Å². The summed E-state index contributed by atoms with van der Waals surface area (Å²) in [5, 5.41) is 0. The van der Waals surface area contributed by atoms with Crippen molar-refractivity contribution >= 4 is 5.97 Å². The summed E-state index contributed by atoms with van der Waals surface area (Å²) in [7, 11) is 0. The Hall–Kier alpha value is -2.10. The van der Waals surface area contributed by atoms with Crippen LogP contribution in [0.2, 0.25) is 0 Å². The molecule has 3 heterocycles. The van der Waals surface area contributed by atoms with Crippen molar-refractivity contribution in [1.82, 2.24) is 9.55 Å². The van der Waals surface area contributed by atoms with Crippen molar-refractivity contribution in [3.63, 3.8) is 0 Å². The van der Waals surface area contributed by atoms with E-state index in [1.165, 1.54) is 11.1 Å². The number of imidazole rings is 1. The van der Waals surface area contributed by atoms with Crippen LogP contribution in [0.15, 0.2) is 36.7 Å². The number of esters is 1. The third-order valence-corrected chi connectivity index (χ3v) is 5.36. The Kier molecular flexibility index (Phi) is 2.60. The highest BCUT2D eigenvalue weighted by atomic mass is 16.5. The van der Waals surface area contributed by atoms with Gasteiger partial charge in [-0.2, -0.15) is 0 Å². The average Bonchev–Trinajstić information content (AvgIpc) is 2.98. The molecular formula is C18H20N2O2. The maximum Gasteiger partial charge on any atom is 0.314 e. The zero-order valence-electron chi connectivity index (χ0n) is 13.2. The van der Waals surface area contributed by atoms with Crippen molar-refractivity contribution in [2.75, 3.05) is 6.61 Å². The van der Waals surface area contributed by atoms with E-state index < -0.39 is 5.41 Å². The summed E-state index contributed by atoms with van der Waals surface area (Å²) in [4.78, 5) is 17.3. The molecule has 5 rings (SSSR count). The summed E-state index contributed by atoms with van der Waals surface area (Å²) in [6, 6.07) is 8.38. The van der Waals surface area contributed by atoms with Crippen LogP contribution in [-0.4, -0.2) is 22.1 Å². The number of aromatic nitrogens is 2. The quantitative estimate of drug-likeness (QED) is 0.800. The van der Waals surface area contributed by atoms with E-state index >= 15 is 0 Å². The van der Waals surface area contributed by atoms with Gasteiger partial charge in [0.1, 0.15) is 5.82 Å². The molecule has 1 aliphatic carbocycles. The van der Waals surface area contributed by atoms with E-state index in [1.807, 2.05) is 32.3 Å². The summed E-state index contributed by atoms with van der Waals surface area (Å²) >= 11 is 0. The lowest BCUT2D eigenvalue weighted by molar-refractivity contribution is -0.159. The largest absolute Gasteiger partial charge is 0.466 e. The number of fused-ring (bicyclic) bond motifs is 1. The van der Waals surface area contributed by atoms with E-state index in [0.717, 1.165) is 12.2 Å². The molecule has 0 radical (unpaired) electrons. The highest BCUT2D eigenvalue weighted by Crippen LogP contribution is 2.60. The van der Waals surface area contributed by atoms with Crippen molar-refractivity contribution in [2.45, 2.75) is 38.6 Å². The van der Waals surface area contributed by atoms with Crippen LogP contribution in [0.4, 0.5) is 0 Å². The lowest BCUT2D eigenvalue weighted by Gasteiger charge is -2.54. The minimum atomic E-state index is -0.563. The Morgan fingerprint density at radius 3 is 2.95 bits per heavy atom. The zero-order valence-corrected chi connectivity index (χ0v) is 13.2. The molecule has 0 saturated carbocycles. The van der Waals surface area contributed by atoms with E-state index in [0.29, 0.717) is 6.61 Å². The Balaban J connectivity index is 1.99. The smallest absolute Gasteiger partial charge is 0.314 e. The molecule has 3 unspecified atom stereocenters. The van der Waals surface area contributed by atoms with E-state index in [-0.39, 0.29) is 17.4 Å². The van der Waals surface area contributed by atoms with Gasteiger partial charge in [0.15, 0.2) is 0 Å². The van der Waals surface area contributed by atoms with Gasteiger partial charge in [0.2, 0.25) is 0 Å². The lowest BCUT2D eigenvalue weighted by atomic mass is 9.55. The molecule has 0 fully saturated rings. The first-order chi connectivity index (χ1) is 10.5. The highest BCUT2D eigenvalue weighted by molar-refractivity contribution is 5.80. The minimum absolute atomic E-state index is 0.0397. The molecule has 1 aromatic heterocycles. The molecule has 1 aromatic carbocycles. The number of benzene rings is 1. The Labute approximate surface area is 130 Å². The second kappa shape index (κ2) is 4.22. The van der Waals surface area contributed by atoms with Crippen molar-refractivity contribution in [3.05, 3.63) is 53.6 Å². The predicted molar refractivity (Wildman–Crippen MR) is 82.6 cm³/mol. The predicted octanol–water partition coefficient (Wildman–Crippen LogP) is 3.07. The van der Waals surface area contributed by atoms with E-state index in [1.54, 1.807) is 0 Å². The van der Waals surface area contributed by atoms with Gasteiger partial charge in [-0.15, -0.1) is 0 Å². The van der Waals surface area contributed by atoms with Crippen molar-refractivity contribution in [1.29, 1.82) is 0 Å². The summed E-state index contributed by atoms with van der Waals surface area (Å²) < 4.78 is 7.59. The average molecular weight is 296 g/mol. The topological polar surface area (TPSA) is 44.1 Å². The number of nitrogens with zero attached hydrogens (tertiary/aromatic N) is 2. The van der Waals surface area contributed by atoms with Gasteiger partial charge in [0.25, 0.3) is 0 Å². The molecule has 3 aliphatic rings. The summed E-state index contributed by atoms with van der Waals surface area (Å²) in [6.07, 6.45) is 4.56. The minimum Gasteiger partial charge on any atom is -0.466 e. The van der Waals surface area contributed by atoms with E-state index in [4.69, 9.17) is 4.74 Å². The molecule has 0 N–H and O–H groups in total. The number of hydrogen-bond acceptors (Lipinski definition) is 3. The molecule has 2 aliphatic heterocycles. The Bertz CT molecular complexity index is 766. The SMILES string of the molecule is CCOC(=O)C1(C)CC2(C)c3ccccc3C1n1ccnc12. The fraction of sp³-hybridized carbons (Fsp3) is 0.444. The van der Waals surface area contributed by atoms with E-state index in [9.17, 15) is 4.79 Å². The van der Waals surface area contributed by atoms with Crippen molar-refractivity contribution in [2.24, 2.45) is 5.41 Å². The van der Waals surface area contributed by atoms with Crippen LogP contribution < -0.4 is 0 Å². The summed E-state index contributed by atoms with van der Waals surface area (Å²) in [6.45, 7) is 6.50. The van der Waals surface area contributed by atoms with Crippen molar-refractivity contribution in [3.8, 4) is 0 Å². The second-order valence-corrected chi connectivity index (χ2v) is 6.79. The van der Waals surface area contributed by atoms with Gasteiger partial charge >= 0.3 is 5.97 Å². The molecule has 22 heavy (non-hydrogen) atoms. The van der Waals surface area contributed by atoms with Crippen LogP contribution in [0.5, 0.6) is 0 Å². The number of ether oxygens (including phenoxy) is 1. The normalized spacial score (nSPS) is 31.5. The monoisotopic (exact) mass is 296 g/mol. The fourth-order valence-corrected chi connectivity index (χ4v) is 4.59. The van der Waals surface area contributed by atoms with Gasteiger partial charge < -0.3 is 9.30 Å². The molecule has 4 heteroatoms. The molecule has 2 bridgehead atoms. The molecule has 2 aromatic rings. The molecule has 0 spiro atoms. The van der Waals surface area contributed by atoms with Gasteiger partial charge in [-0.3, -0.25) is 4.79 Å². The van der Waals surface area contributed by atoms with Crippen LogP contribution in [0.25, 0.3) is 0 Å². The fourth-order valence-electron chi connectivity index (χ4n) is 4.59. The zero-order chi connectivity index (χ0) is 15.5. The summed E-state index contributed by atoms with van der Waals surface area (Å²) in [5.74, 6) is 0.943. The van der Waals surface area contributed by atoms with Gasteiger partial charge in [-0.1, -0.05) is 24.3 Å². The lowest BCUT2D eigenvalue weighted by Crippen LogP contribution is -2.55. The number of rotatable bonds is 2. The number of hydrogen-bond donors (Lipinski definition) is 0. The first kappa shape index (κ1) is 13.6. The standard InChI is InChI=1S/C18H20N2O2/c1-4-22-16(21)18(3)11-17(2)13-8-6-5-7-12(13)14(18)20-10-9-19-15(17)20/h5-10,14H,4,11H2,1-3H3. The first-order valence-electron chi connectivity index (χ1n) is 7.82. The molecule has 3 atom stereocenters. The maximum absolute atomic E-state index is 12.7. The molecule has 114 valence electrons. The molecule has 0 amide bonds. The number of carbonyl (C=O) groups is 1. The van der Waals surface area contributed by atoms with Gasteiger partial charge in [-0.05, 0) is 38.3 Å². The van der Waals surface area contributed by atoms with E-state index in [2.05, 4.69) is 34.7 Å². The van der Waals surface area contributed by atoms with Crippen LogP contribution in [-0.2, 0) is 14.9 Å². The molecule has 0 saturated heterocycles. The molecular weight excluding hydrogens is 276 g/mol. The van der Waals surface area contributed by atoms with Crippen LogP contribution in [0, 0.1) is 5.41 Å². The Morgan fingerprint density at radius 2 is 2.18 bits per heavy atom. The third kappa shape index (κ3) is 1.42. The van der Waals surface area contributed by atoms with Gasteiger partial charge in [0.05, 0.1) is 23.5 Å². The molecule has 4 nitrogen and oxygen atoms in total. The second-order valence-electron chi connectivity index (χ2n) is 6.79. The van der Waals surface area contributed by atoms with Crippen LogP contribution in [0.3, 0.4) is 0 Å². The van der Waals surface area contributed by atoms with Crippen LogP contribution in [0.1, 0.15) is 50.2 Å². The first-order valence-corrected chi connectivity index (χ1v) is 7.82. The number of carbonyl (C=O) groups excluding carboxylic acids is 1. The third-order valence-electron chi connectivity index (χ3n) is 5.36. The van der Waals surface area contributed by atoms with Gasteiger partial charge in [0, 0.05) is 12.4 Å². The van der Waals surface area contributed by atoms with Crippen LogP contribution >= 0.6 is 0 Å².